The molecule has 1 aromatic carbocycles. The molecule has 0 amide bonds. The van der Waals surface area contributed by atoms with Crippen LogP contribution in [-0.4, -0.2) is 5.75 Å². The molecule has 3 heteroatoms. The Bertz CT molecular complexity index is 584. The van der Waals surface area contributed by atoms with E-state index in [4.69, 9.17) is 4.42 Å². The third kappa shape index (κ3) is 1.76. The van der Waals surface area contributed by atoms with Crippen LogP contribution in [0.1, 0.15) is 18.1 Å². The molecule has 0 saturated carbocycles. The molecule has 0 fully saturated rings. The van der Waals surface area contributed by atoms with Crippen LogP contribution in [0.15, 0.2) is 32.5 Å². The first-order valence-electron chi connectivity index (χ1n) is 5.31. The fourth-order valence-electron chi connectivity index (χ4n) is 1.74. The molecule has 0 aliphatic carbocycles. The van der Waals surface area contributed by atoms with E-state index in [1.165, 1.54) is 0 Å². The van der Waals surface area contributed by atoms with E-state index < -0.39 is 0 Å². The van der Waals surface area contributed by atoms with Gasteiger partial charge in [-0.2, -0.15) is 0 Å². The highest BCUT2D eigenvalue weighted by Crippen LogP contribution is 2.25. The first kappa shape index (κ1) is 11.3. The van der Waals surface area contributed by atoms with Crippen molar-refractivity contribution < 1.29 is 4.42 Å². The monoisotopic (exact) mass is 234 g/mol. The van der Waals surface area contributed by atoms with Crippen LogP contribution < -0.4 is 5.43 Å². The molecule has 2 nitrogen and oxygen atoms in total. The predicted octanol–water partition coefficient (Wildman–Crippen LogP) is 3.52. The molecular formula is C13H14O2S. The summed E-state index contributed by atoms with van der Waals surface area (Å²) in [5.74, 6) is 0.904. The minimum Gasteiger partial charge on any atom is -0.449 e. The number of benzene rings is 1. The van der Waals surface area contributed by atoms with Crippen molar-refractivity contribution in [2.75, 3.05) is 5.75 Å². The SMILES string of the molecule is CCSc1oc2cccc(C)c2c(=O)c1C. The lowest BCUT2D eigenvalue weighted by Crippen LogP contribution is -2.08. The lowest BCUT2D eigenvalue weighted by molar-refractivity contribution is 0.492. The average Bonchev–Trinajstić information content (AvgIpc) is 2.25. The van der Waals surface area contributed by atoms with Gasteiger partial charge in [-0.15, -0.1) is 0 Å². The summed E-state index contributed by atoms with van der Waals surface area (Å²) in [7, 11) is 0. The zero-order valence-electron chi connectivity index (χ0n) is 9.66. The lowest BCUT2D eigenvalue weighted by Gasteiger charge is -2.06. The van der Waals surface area contributed by atoms with Gasteiger partial charge in [-0.05, 0) is 31.2 Å². The summed E-state index contributed by atoms with van der Waals surface area (Å²) in [4.78, 5) is 12.2. The molecule has 84 valence electrons. The average molecular weight is 234 g/mol. The molecule has 0 radical (unpaired) electrons. The highest BCUT2D eigenvalue weighted by molar-refractivity contribution is 7.99. The standard InChI is InChI=1S/C13H14O2S/c1-4-16-13-9(3)12(14)11-8(2)6-5-7-10(11)15-13/h5-7H,4H2,1-3H3. The van der Waals surface area contributed by atoms with Gasteiger partial charge in [0.15, 0.2) is 10.5 Å². The molecule has 0 spiro atoms. The minimum atomic E-state index is 0.0929. The summed E-state index contributed by atoms with van der Waals surface area (Å²) in [5.41, 5.74) is 2.47. The summed E-state index contributed by atoms with van der Waals surface area (Å²) in [5, 5.41) is 1.45. The second kappa shape index (κ2) is 4.34. The van der Waals surface area contributed by atoms with Crippen molar-refractivity contribution in [1.29, 1.82) is 0 Å². The molecular weight excluding hydrogens is 220 g/mol. The molecule has 0 atom stereocenters. The summed E-state index contributed by atoms with van der Waals surface area (Å²) in [6.07, 6.45) is 0. The van der Waals surface area contributed by atoms with E-state index in [0.29, 0.717) is 16.5 Å². The van der Waals surface area contributed by atoms with Gasteiger partial charge in [-0.1, -0.05) is 30.8 Å². The molecule has 0 aliphatic rings. The van der Waals surface area contributed by atoms with Gasteiger partial charge >= 0.3 is 0 Å². The number of aryl methyl sites for hydroxylation is 1. The Morgan fingerprint density at radius 2 is 2.06 bits per heavy atom. The third-order valence-corrected chi connectivity index (χ3v) is 3.53. The molecule has 2 aromatic rings. The van der Waals surface area contributed by atoms with Crippen molar-refractivity contribution >= 4 is 22.7 Å². The Morgan fingerprint density at radius 1 is 1.31 bits per heavy atom. The maximum atomic E-state index is 12.2. The van der Waals surface area contributed by atoms with Crippen molar-refractivity contribution in [2.24, 2.45) is 0 Å². The first-order chi connectivity index (χ1) is 7.65. The Hall–Kier alpha value is -1.22. The maximum Gasteiger partial charge on any atom is 0.197 e. The summed E-state index contributed by atoms with van der Waals surface area (Å²) in [6.45, 7) is 5.81. The van der Waals surface area contributed by atoms with Crippen LogP contribution in [0.4, 0.5) is 0 Å². The fourth-order valence-corrected chi connectivity index (χ4v) is 2.46. The quantitative estimate of drug-likeness (QED) is 0.745. The molecule has 1 heterocycles. The molecule has 16 heavy (non-hydrogen) atoms. The molecule has 2 rings (SSSR count). The van der Waals surface area contributed by atoms with Gasteiger partial charge in [-0.25, -0.2) is 0 Å². The zero-order valence-corrected chi connectivity index (χ0v) is 10.5. The highest BCUT2D eigenvalue weighted by Gasteiger charge is 2.11. The van der Waals surface area contributed by atoms with Gasteiger partial charge in [0.05, 0.1) is 5.39 Å². The molecule has 0 saturated heterocycles. The fraction of sp³-hybridized carbons (Fsp3) is 0.308. The van der Waals surface area contributed by atoms with Gasteiger partial charge in [0.25, 0.3) is 0 Å². The molecule has 0 aliphatic heterocycles. The van der Waals surface area contributed by atoms with Gasteiger partial charge in [0, 0.05) is 5.56 Å². The minimum absolute atomic E-state index is 0.0929. The molecule has 1 aromatic heterocycles. The van der Waals surface area contributed by atoms with Crippen molar-refractivity contribution in [3.63, 3.8) is 0 Å². The first-order valence-corrected chi connectivity index (χ1v) is 6.29. The summed E-state index contributed by atoms with van der Waals surface area (Å²) in [6, 6.07) is 5.70. The highest BCUT2D eigenvalue weighted by atomic mass is 32.2. The van der Waals surface area contributed by atoms with Crippen LogP contribution in [0, 0.1) is 13.8 Å². The van der Waals surface area contributed by atoms with Gasteiger partial charge in [0.1, 0.15) is 5.58 Å². The molecule has 0 bridgehead atoms. The van der Waals surface area contributed by atoms with E-state index in [9.17, 15) is 4.79 Å². The Labute approximate surface area is 98.7 Å². The van der Waals surface area contributed by atoms with Crippen LogP contribution in [-0.2, 0) is 0 Å². The second-order valence-corrected chi connectivity index (χ2v) is 4.96. The summed E-state index contributed by atoms with van der Waals surface area (Å²) >= 11 is 1.57. The number of hydrogen-bond acceptors (Lipinski definition) is 3. The van der Waals surface area contributed by atoms with E-state index in [-0.39, 0.29) is 5.43 Å². The van der Waals surface area contributed by atoms with Crippen molar-refractivity contribution in [3.8, 4) is 0 Å². The van der Waals surface area contributed by atoms with Gasteiger partial charge < -0.3 is 4.42 Å². The molecule has 0 N–H and O–H groups in total. The van der Waals surface area contributed by atoms with Crippen molar-refractivity contribution in [1.82, 2.24) is 0 Å². The van der Waals surface area contributed by atoms with Crippen molar-refractivity contribution in [2.45, 2.75) is 25.9 Å². The van der Waals surface area contributed by atoms with Crippen LogP contribution >= 0.6 is 11.8 Å². The van der Waals surface area contributed by atoms with Crippen LogP contribution in [0.3, 0.4) is 0 Å². The second-order valence-electron chi connectivity index (χ2n) is 3.72. The van der Waals surface area contributed by atoms with E-state index >= 15 is 0 Å². The van der Waals surface area contributed by atoms with Gasteiger partial charge in [0.2, 0.25) is 0 Å². The van der Waals surface area contributed by atoms with Crippen LogP contribution in [0.25, 0.3) is 11.0 Å². The maximum absolute atomic E-state index is 12.2. The zero-order chi connectivity index (χ0) is 11.7. The van der Waals surface area contributed by atoms with Crippen molar-refractivity contribution in [3.05, 3.63) is 39.5 Å². The largest absolute Gasteiger partial charge is 0.449 e. The van der Waals surface area contributed by atoms with E-state index in [1.807, 2.05) is 39.0 Å². The number of thioether (sulfide) groups is 1. The van der Waals surface area contributed by atoms with Gasteiger partial charge in [-0.3, -0.25) is 4.79 Å². The predicted molar refractivity (Wildman–Crippen MR) is 68.4 cm³/mol. The topological polar surface area (TPSA) is 30.2 Å². The normalized spacial score (nSPS) is 10.9. The Kier molecular flexibility index (Phi) is 3.06. The smallest absolute Gasteiger partial charge is 0.197 e. The Balaban J connectivity index is 2.83. The Morgan fingerprint density at radius 3 is 2.75 bits per heavy atom. The van der Waals surface area contributed by atoms with E-state index in [2.05, 4.69) is 0 Å². The van der Waals surface area contributed by atoms with E-state index in [1.54, 1.807) is 11.8 Å². The number of rotatable bonds is 2. The lowest BCUT2D eigenvalue weighted by atomic mass is 10.1. The molecule has 0 unspecified atom stereocenters. The third-order valence-electron chi connectivity index (χ3n) is 2.59. The van der Waals surface area contributed by atoms with Crippen LogP contribution in [0.2, 0.25) is 0 Å². The summed E-state index contributed by atoms with van der Waals surface area (Å²) < 4.78 is 5.76. The van der Waals surface area contributed by atoms with Crippen LogP contribution in [0.5, 0.6) is 0 Å². The van der Waals surface area contributed by atoms with E-state index in [0.717, 1.165) is 16.4 Å². The number of hydrogen-bond donors (Lipinski definition) is 0. The number of fused-ring (bicyclic) bond motifs is 1.